The third-order valence-corrected chi connectivity index (χ3v) is 3.41. The molecule has 1 rings (SSSR count). The van der Waals surface area contributed by atoms with Crippen LogP contribution in [-0.4, -0.2) is 24.8 Å². The molecule has 1 fully saturated rings. The SMILES string of the molecule is CCOC(=O)/C=C1/C[C@@H](CC(C)C)O[C@@H](C(C)C)C1. The molecule has 19 heavy (non-hydrogen) atoms. The van der Waals surface area contributed by atoms with Crippen LogP contribution in [0, 0.1) is 11.8 Å². The number of esters is 1. The zero-order chi connectivity index (χ0) is 14.4. The van der Waals surface area contributed by atoms with E-state index in [9.17, 15) is 4.79 Å². The molecule has 0 aromatic carbocycles. The second kappa shape index (κ2) is 7.68. The molecule has 0 aliphatic carbocycles. The third-order valence-electron chi connectivity index (χ3n) is 3.41. The van der Waals surface area contributed by atoms with Crippen LogP contribution in [0.4, 0.5) is 0 Å². The van der Waals surface area contributed by atoms with Gasteiger partial charge in [0.1, 0.15) is 0 Å². The monoisotopic (exact) mass is 268 g/mol. The number of rotatable bonds is 5. The van der Waals surface area contributed by atoms with E-state index in [1.54, 1.807) is 6.08 Å². The van der Waals surface area contributed by atoms with E-state index in [2.05, 4.69) is 27.7 Å². The van der Waals surface area contributed by atoms with Crippen molar-refractivity contribution in [2.24, 2.45) is 11.8 Å². The lowest BCUT2D eigenvalue weighted by atomic mass is 9.89. The van der Waals surface area contributed by atoms with Gasteiger partial charge in [-0.3, -0.25) is 0 Å². The first-order valence-electron chi connectivity index (χ1n) is 7.44. The summed E-state index contributed by atoms with van der Waals surface area (Å²) >= 11 is 0. The van der Waals surface area contributed by atoms with Crippen LogP contribution in [0.3, 0.4) is 0 Å². The molecule has 0 spiro atoms. The van der Waals surface area contributed by atoms with Gasteiger partial charge >= 0.3 is 5.97 Å². The van der Waals surface area contributed by atoms with Gasteiger partial charge in [0.05, 0.1) is 18.8 Å². The van der Waals surface area contributed by atoms with Crippen molar-refractivity contribution in [3.8, 4) is 0 Å². The Morgan fingerprint density at radius 3 is 2.58 bits per heavy atom. The topological polar surface area (TPSA) is 35.5 Å². The van der Waals surface area contributed by atoms with Gasteiger partial charge in [-0.25, -0.2) is 4.79 Å². The van der Waals surface area contributed by atoms with Crippen LogP contribution in [-0.2, 0) is 14.3 Å². The highest BCUT2D eigenvalue weighted by Gasteiger charge is 2.28. The molecular formula is C16H28O3. The van der Waals surface area contributed by atoms with Gasteiger partial charge in [0, 0.05) is 6.08 Å². The van der Waals surface area contributed by atoms with Crippen LogP contribution in [0.5, 0.6) is 0 Å². The van der Waals surface area contributed by atoms with Gasteiger partial charge in [-0.05, 0) is 38.0 Å². The summed E-state index contributed by atoms with van der Waals surface area (Å²) in [6.07, 6.45) is 4.89. The molecule has 2 atom stereocenters. The second-order valence-corrected chi connectivity index (χ2v) is 6.13. The molecule has 0 aromatic rings. The van der Waals surface area contributed by atoms with Crippen LogP contribution in [0.1, 0.15) is 53.9 Å². The Bertz CT molecular complexity index is 318. The summed E-state index contributed by atoms with van der Waals surface area (Å²) in [4.78, 5) is 11.6. The van der Waals surface area contributed by atoms with E-state index in [-0.39, 0.29) is 18.2 Å². The average molecular weight is 268 g/mol. The average Bonchev–Trinajstić information content (AvgIpc) is 2.27. The Balaban J connectivity index is 2.72. The maximum absolute atomic E-state index is 11.6. The lowest BCUT2D eigenvalue weighted by Gasteiger charge is -2.35. The summed E-state index contributed by atoms with van der Waals surface area (Å²) < 4.78 is 11.1. The number of hydrogen-bond donors (Lipinski definition) is 0. The summed E-state index contributed by atoms with van der Waals surface area (Å²) in [7, 11) is 0. The summed E-state index contributed by atoms with van der Waals surface area (Å²) in [5.74, 6) is 0.866. The Hall–Kier alpha value is -0.830. The fourth-order valence-corrected chi connectivity index (χ4v) is 2.50. The summed E-state index contributed by atoms with van der Waals surface area (Å²) in [6.45, 7) is 11.0. The van der Waals surface area contributed by atoms with Gasteiger partial charge in [-0.2, -0.15) is 0 Å². The van der Waals surface area contributed by atoms with Crippen molar-refractivity contribution >= 4 is 5.97 Å². The van der Waals surface area contributed by atoms with E-state index >= 15 is 0 Å². The van der Waals surface area contributed by atoms with Crippen LogP contribution >= 0.6 is 0 Å². The highest BCUT2D eigenvalue weighted by molar-refractivity contribution is 5.82. The quantitative estimate of drug-likeness (QED) is 0.563. The molecule has 1 aliphatic heterocycles. The molecule has 3 heteroatoms. The lowest BCUT2D eigenvalue weighted by molar-refractivity contribution is -0.137. The first kappa shape index (κ1) is 16.2. The molecule has 0 radical (unpaired) electrons. The summed E-state index contributed by atoms with van der Waals surface area (Å²) in [5, 5.41) is 0. The Kier molecular flexibility index (Phi) is 6.56. The molecule has 1 heterocycles. The number of carbonyl (C=O) groups excluding carboxylic acids is 1. The Morgan fingerprint density at radius 1 is 1.37 bits per heavy atom. The van der Waals surface area contributed by atoms with Crippen molar-refractivity contribution in [2.75, 3.05) is 6.61 Å². The predicted octanol–water partition coefficient (Wildman–Crippen LogP) is 3.73. The first-order valence-corrected chi connectivity index (χ1v) is 7.44. The third kappa shape index (κ3) is 5.77. The van der Waals surface area contributed by atoms with Crippen molar-refractivity contribution in [3.05, 3.63) is 11.6 Å². The predicted molar refractivity (Wildman–Crippen MR) is 76.9 cm³/mol. The fourth-order valence-electron chi connectivity index (χ4n) is 2.50. The molecule has 0 bridgehead atoms. The number of hydrogen-bond acceptors (Lipinski definition) is 3. The van der Waals surface area contributed by atoms with Crippen molar-refractivity contribution in [2.45, 2.75) is 66.1 Å². The Morgan fingerprint density at radius 2 is 2.05 bits per heavy atom. The smallest absolute Gasteiger partial charge is 0.330 e. The standard InChI is InChI=1S/C16H28O3/c1-6-18-16(17)10-13-8-14(7-11(2)3)19-15(9-13)12(4)5/h10-12,14-15H,6-9H2,1-5H3/b13-10-/t14-,15-/m1/s1. The summed E-state index contributed by atoms with van der Waals surface area (Å²) in [6, 6.07) is 0. The Labute approximate surface area is 117 Å². The number of carbonyl (C=O) groups is 1. The van der Waals surface area contributed by atoms with Gasteiger partial charge in [0.25, 0.3) is 0 Å². The number of ether oxygens (including phenoxy) is 2. The van der Waals surface area contributed by atoms with Gasteiger partial charge < -0.3 is 9.47 Å². The zero-order valence-electron chi connectivity index (χ0n) is 12.9. The van der Waals surface area contributed by atoms with E-state index in [4.69, 9.17) is 9.47 Å². The van der Waals surface area contributed by atoms with Crippen LogP contribution in [0.2, 0.25) is 0 Å². The maximum atomic E-state index is 11.6. The van der Waals surface area contributed by atoms with Gasteiger partial charge in [0.2, 0.25) is 0 Å². The van der Waals surface area contributed by atoms with Gasteiger partial charge in [0.15, 0.2) is 0 Å². The molecule has 0 N–H and O–H groups in total. The van der Waals surface area contributed by atoms with Crippen molar-refractivity contribution < 1.29 is 14.3 Å². The van der Waals surface area contributed by atoms with E-state index in [0.717, 1.165) is 19.3 Å². The van der Waals surface area contributed by atoms with E-state index in [1.165, 1.54) is 5.57 Å². The summed E-state index contributed by atoms with van der Waals surface area (Å²) in [5.41, 5.74) is 1.18. The lowest BCUT2D eigenvalue weighted by Crippen LogP contribution is -2.33. The fraction of sp³-hybridized carbons (Fsp3) is 0.812. The highest BCUT2D eigenvalue weighted by atomic mass is 16.5. The maximum Gasteiger partial charge on any atom is 0.330 e. The molecule has 3 nitrogen and oxygen atoms in total. The molecule has 0 amide bonds. The van der Waals surface area contributed by atoms with E-state index in [0.29, 0.717) is 18.4 Å². The van der Waals surface area contributed by atoms with Crippen LogP contribution < -0.4 is 0 Å². The van der Waals surface area contributed by atoms with Gasteiger partial charge in [-0.15, -0.1) is 0 Å². The molecule has 0 unspecified atom stereocenters. The molecular weight excluding hydrogens is 240 g/mol. The zero-order valence-corrected chi connectivity index (χ0v) is 12.9. The van der Waals surface area contributed by atoms with Crippen molar-refractivity contribution in [3.63, 3.8) is 0 Å². The van der Waals surface area contributed by atoms with Crippen molar-refractivity contribution in [1.82, 2.24) is 0 Å². The van der Waals surface area contributed by atoms with Crippen LogP contribution in [0.25, 0.3) is 0 Å². The van der Waals surface area contributed by atoms with E-state index in [1.807, 2.05) is 6.92 Å². The van der Waals surface area contributed by atoms with E-state index < -0.39 is 0 Å². The highest BCUT2D eigenvalue weighted by Crippen LogP contribution is 2.31. The molecule has 1 saturated heterocycles. The minimum Gasteiger partial charge on any atom is -0.463 e. The van der Waals surface area contributed by atoms with Gasteiger partial charge in [-0.1, -0.05) is 33.3 Å². The molecule has 110 valence electrons. The molecule has 1 aliphatic rings. The van der Waals surface area contributed by atoms with Crippen molar-refractivity contribution in [1.29, 1.82) is 0 Å². The minimum atomic E-state index is -0.217. The normalized spacial score (nSPS) is 26.2. The minimum absolute atomic E-state index is 0.217. The first-order chi connectivity index (χ1) is 8.92. The largest absolute Gasteiger partial charge is 0.463 e. The van der Waals surface area contributed by atoms with Crippen LogP contribution in [0.15, 0.2) is 11.6 Å². The molecule has 0 saturated carbocycles. The second-order valence-electron chi connectivity index (χ2n) is 6.13. The molecule has 0 aromatic heterocycles.